The van der Waals surface area contributed by atoms with Crippen molar-refractivity contribution in [2.75, 3.05) is 13.1 Å². The fraction of sp³-hybridized carbons (Fsp3) is 0.857. The van der Waals surface area contributed by atoms with E-state index in [0.29, 0.717) is 12.0 Å². The van der Waals surface area contributed by atoms with Crippen LogP contribution in [0.4, 0.5) is 0 Å². The molecule has 100 valence electrons. The minimum Gasteiger partial charge on any atom is -0.316 e. The summed E-state index contributed by atoms with van der Waals surface area (Å²) in [6, 6.07) is 0.658. The van der Waals surface area contributed by atoms with Crippen LogP contribution >= 0.6 is 0 Å². The van der Waals surface area contributed by atoms with Gasteiger partial charge in [-0.3, -0.25) is 0 Å². The predicted molar refractivity (Wildman–Crippen MR) is 71.7 cm³/mol. The Hall–Kier alpha value is -0.900. The van der Waals surface area contributed by atoms with Crippen molar-refractivity contribution in [3.63, 3.8) is 0 Å². The highest BCUT2D eigenvalue weighted by molar-refractivity contribution is 5.05. The van der Waals surface area contributed by atoms with Gasteiger partial charge in [0.2, 0.25) is 0 Å². The Morgan fingerprint density at radius 2 is 1.89 bits per heavy atom. The number of hydrogen-bond acceptors (Lipinski definition) is 3. The summed E-state index contributed by atoms with van der Waals surface area (Å²) in [5, 5.41) is 12.3. The highest BCUT2D eigenvalue weighted by Gasteiger charge is 2.26. The topological polar surface area (TPSA) is 42.7 Å². The summed E-state index contributed by atoms with van der Waals surface area (Å²) in [5.41, 5.74) is 0. The third-order valence-electron chi connectivity index (χ3n) is 4.49. The van der Waals surface area contributed by atoms with Gasteiger partial charge >= 0.3 is 0 Å². The molecule has 4 heteroatoms. The second kappa shape index (κ2) is 5.39. The summed E-state index contributed by atoms with van der Waals surface area (Å²) in [6.45, 7) is 4.35. The maximum Gasteiger partial charge on any atom is 0.137 e. The summed E-state index contributed by atoms with van der Waals surface area (Å²) in [7, 11) is 0. The smallest absolute Gasteiger partial charge is 0.137 e. The van der Waals surface area contributed by atoms with Gasteiger partial charge in [-0.05, 0) is 39.2 Å². The maximum absolute atomic E-state index is 4.49. The number of rotatable bonds is 2. The Morgan fingerprint density at radius 3 is 2.61 bits per heavy atom. The number of hydrogen-bond donors (Lipinski definition) is 1. The molecule has 2 aliphatic rings. The van der Waals surface area contributed by atoms with E-state index in [1.165, 1.54) is 50.8 Å². The van der Waals surface area contributed by atoms with Crippen LogP contribution in [-0.2, 0) is 0 Å². The van der Waals surface area contributed by atoms with Gasteiger partial charge in [-0.15, -0.1) is 10.2 Å². The van der Waals surface area contributed by atoms with Crippen LogP contribution in [0, 0.1) is 6.92 Å². The van der Waals surface area contributed by atoms with E-state index in [1.807, 2.05) is 0 Å². The van der Waals surface area contributed by atoms with Crippen molar-refractivity contribution in [2.24, 2.45) is 0 Å². The van der Waals surface area contributed by atoms with Gasteiger partial charge in [0.25, 0.3) is 0 Å². The van der Waals surface area contributed by atoms with E-state index in [0.717, 1.165) is 18.9 Å². The third kappa shape index (κ3) is 2.30. The molecular formula is C14H24N4. The van der Waals surface area contributed by atoms with E-state index in [9.17, 15) is 0 Å². The van der Waals surface area contributed by atoms with Crippen molar-refractivity contribution < 1.29 is 0 Å². The fourth-order valence-electron chi connectivity index (χ4n) is 3.53. The molecule has 1 atom stereocenters. The molecule has 4 nitrogen and oxygen atoms in total. The third-order valence-corrected chi connectivity index (χ3v) is 4.49. The highest BCUT2D eigenvalue weighted by Crippen LogP contribution is 2.32. The zero-order valence-electron chi connectivity index (χ0n) is 11.4. The second-order valence-electron chi connectivity index (χ2n) is 5.81. The Balaban J connectivity index is 1.85. The lowest BCUT2D eigenvalue weighted by atomic mass is 9.93. The van der Waals surface area contributed by atoms with Gasteiger partial charge in [0, 0.05) is 18.5 Å². The Kier molecular flexibility index (Phi) is 3.64. The van der Waals surface area contributed by atoms with Crippen LogP contribution in [0.5, 0.6) is 0 Å². The van der Waals surface area contributed by atoms with Gasteiger partial charge in [-0.2, -0.15) is 0 Å². The normalized spacial score (nSPS) is 26.4. The first-order valence-corrected chi connectivity index (χ1v) is 7.48. The molecule has 0 radical (unpaired) electrons. The quantitative estimate of drug-likeness (QED) is 0.874. The average Bonchev–Trinajstić information content (AvgIpc) is 2.83. The first-order valence-electron chi connectivity index (χ1n) is 7.48. The van der Waals surface area contributed by atoms with Gasteiger partial charge < -0.3 is 9.88 Å². The lowest BCUT2D eigenvalue weighted by molar-refractivity contribution is 0.326. The van der Waals surface area contributed by atoms with Crippen LogP contribution in [0.1, 0.15) is 68.6 Å². The van der Waals surface area contributed by atoms with E-state index in [-0.39, 0.29) is 0 Å². The molecule has 1 saturated carbocycles. The molecule has 2 heterocycles. The molecule has 0 aromatic carbocycles. The number of nitrogens with one attached hydrogen (secondary N) is 1. The van der Waals surface area contributed by atoms with Gasteiger partial charge in [-0.1, -0.05) is 19.3 Å². The zero-order chi connectivity index (χ0) is 12.4. The summed E-state index contributed by atoms with van der Waals surface area (Å²) in [5.74, 6) is 2.93. The van der Waals surface area contributed by atoms with Gasteiger partial charge in [0.15, 0.2) is 0 Å². The van der Waals surface area contributed by atoms with E-state index in [1.54, 1.807) is 0 Å². The molecule has 1 aromatic heterocycles. The molecule has 1 N–H and O–H groups in total. The molecule has 0 spiro atoms. The number of aryl methyl sites for hydroxylation is 1. The number of aromatic nitrogens is 3. The molecule has 1 saturated heterocycles. The van der Waals surface area contributed by atoms with Crippen LogP contribution < -0.4 is 5.32 Å². The minimum absolute atomic E-state index is 0.571. The van der Waals surface area contributed by atoms with Crippen molar-refractivity contribution in [1.82, 2.24) is 20.1 Å². The molecule has 1 unspecified atom stereocenters. The Bertz CT molecular complexity index is 386. The lowest BCUT2D eigenvalue weighted by Gasteiger charge is -2.29. The van der Waals surface area contributed by atoms with Crippen LogP contribution in [0.15, 0.2) is 0 Å². The van der Waals surface area contributed by atoms with Crippen LogP contribution in [-0.4, -0.2) is 27.9 Å². The molecular weight excluding hydrogens is 224 g/mol. The monoisotopic (exact) mass is 248 g/mol. The van der Waals surface area contributed by atoms with Gasteiger partial charge in [0.05, 0.1) is 0 Å². The molecule has 0 amide bonds. The summed E-state index contributed by atoms with van der Waals surface area (Å²) in [6.07, 6.45) is 9.28. The number of piperidine rings is 1. The van der Waals surface area contributed by atoms with Crippen molar-refractivity contribution >= 4 is 0 Å². The average molecular weight is 248 g/mol. The second-order valence-corrected chi connectivity index (χ2v) is 5.81. The molecule has 2 fully saturated rings. The van der Waals surface area contributed by atoms with Crippen molar-refractivity contribution in [3.8, 4) is 0 Å². The van der Waals surface area contributed by atoms with Crippen LogP contribution in [0.2, 0.25) is 0 Å². The van der Waals surface area contributed by atoms with Crippen LogP contribution in [0.25, 0.3) is 0 Å². The van der Waals surface area contributed by atoms with E-state index < -0.39 is 0 Å². The van der Waals surface area contributed by atoms with Crippen molar-refractivity contribution in [3.05, 3.63) is 11.6 Å². The van der Waals surface area contributed by atoms with Crippen molar-refractivity contribution in [1.29, 1.82) is 0 Å². The van der Waals surface area contributed by atoms with E-state index >= 15 is 0 Å². The zero-order valence-corrected chi connectivity index (χ0v) is 11.4. The first kappa shape index (κ1) is 12.2. The van der Waals surface area contributed by atoms with Crippen molar-refractivity contribution in [2.45, 2.75) is 63.8 Å². The minimum atomic E-state index is 0.571. The molecule has 1 aromatic rings. The molecule has 0 bridgehead atoms. The maximum atomic E-state index is 4.49. The molecule has 3 rings (SSSR count). The summed E-state index contributed by atoms with van der Waals surface area (Å²) < 4.78 is 2.46. The lowest BCUT2D eigenvalue weighted by Crippen LogP contribution is -2.31. The van der Waals surface area contributed by atoms with E-state index in [2.05, 4.69) is 27.0 Å². The largest absolute Gasteiger partial charge is 0.316 e. The predicted octanol–water partition coefficient (Wildman–Crippen LogP) is 2.56. The Morgan fingerprint density at radius 1 is 1.06 bits per heavy atom. The SMILES string of the molecule is Cc1nnc(C2CCCNC2)n1C1CCCCC1. The first-order chi connectivity index (χ1) is 8.86. The fourth-order valence-corrected chi connectivity index (χ4v) is 3.53. The van der Waals surface area contributed by atoms with E-state index in [4.69, 9.17) is 0 Å². The molecule has 1 aliphatic carbocycles. The summed E-state index contributed by atoms with van der Waals surface area (Å²) >= 11 is 0. The highest BCUT2D eigenvalue weighted by atomic mass is 15.3. The molecule has 18 heavy (non-hydrogen) atoms. The molecule has 1 aliphatic heterocycles. The van der Waals surface area contributed by atoms with Gasteiger partial charge in [-0.25, -0.2) is 0 Å². The van der Waals surface area contributed by atoms with Gasteiger partial charge in [0.1, 0.15) is 11.6 Å². The summed E-state index contributed by atoms with van der Waals surface area (Å²) in [4.78, 5) is 0. The number of nitrogens with zero attached hydrogens (tertiary/aromatic N) is 3. The Labute approximate surface area is 109 Å². The standard InChI is InChI=1S/C14H24N4/c1-11-16-17-14(12-6-5-9-15-10-12)18(11)13-7-3-2-4-8-13/h12-13,15H,2-10H2,1H3. The van der Waals surface area contributed by atoms with Crippen LogP contribution in [0.3, 0.4) is 0 Å².